The molecule has 1 atom stereocenters. The molecule has 0 aromatic heterocycles. The predicted octanol–water partition coefficient (Wildman–Crippen LogP) is 2.83. The fraction of sp³-hybridized carbons (Fsp3) is 0.600. The van der Waals surface area contributed by atoms with Gasteiger partial charge < -0.3 is 15.4 Å². The molecule has 1 fully saturated rings. The smallest absolute Gasteiger partial charge is 0.0637 e. The van der Waals surface area contributed by atoms with Crippen LogP contribution in [0.2, 0.25) is 0 Å². The molecule has 0 amide bonds. The Bertz CT molecular complexity index is 401. The van der Waals surface area contributed by atoms with Crippen LogP contribution in [0.3, 0.4) is 0 Å². The number of ether oxygens (including phenoxy) is 1. The van der Waals surface area contributed by atoms with Gasteiger partial charge in [0.15, 0.2) is 0 Å². The zero-order valence-corrected chi connectivity index (χ0v) is 11.6. The molecule has 2 rings (SSSR count). The first-order chi connectivity index (χ1) is 8.65. The third-order valence-electron chi connectivity index (χ3n) is 3.94. The number of aryl methyl sites for hydroxylation is 1. The van der Waals surface area contributed by atoms with E-state index >= 15 is 0 Å². The second-order valence-corrected chi connectivity index (χ2v) is 5.27. The van der Waals surface area contributed by atoms with Gasteiger partial charge in [-0.15, -0.1) is 0 Å². The molecule has 100 valence electrons. The number of hydrogen-bond acceptors (Lipinski definition) is 3. The number of anilines is 2. The first-order valence-electron chi connectivity index (χ1n) is 6.75. The van der Waals surface area contributed by atoms with Crippen molar-refractivity contribution in [1.82, 2.24) is 0 Å². The normalized spacial score (nSPS) is 16.6. The molecular formula is C15H24N2O. The molecule has 1 unspecified atom stereocenters. The van der Waals surface area contributed by atoms with Crippen molar-refractivity contribution in [2.24, 2.45) is 5.92 Å². The van der Waals surface area contributed by atoms with Crippen molar-refractivity contribution in [2.75, 3.05) is 30.9 Å². The molecule has 3 nitrogen and oxygen atoms in total. The number of para-hydroxylation sites is 1. The maximum absolute atomic E-state index is 6.23. The maximum atomic E-state index is 6.23. The van der Waals surface area contributed by atoms with E-state index in [1.165, 1.54) is 12.8 Å². The van der Waals surface area contributed by atoms with Crippen LogP contribution in [0.25, 0.3) is 0 Å². The molecule has 1 saturated carbocycles. The molecule has 18 heavy (non-hydrogen) atoms. The molecule has 3 heteroatoms. The lowest BCUT2D eigenvalue weighted by Crippen LogP contribution is -2.37. The largest absolute Gasteiger partial charge is 0.397 e. The van der Waals surface area contributed by atoms with E-state index in [9.17, 15) is 0 Å². The predicted molar refractivity (Wildman–Crippen MR) is 77.0 cm³/mol. The monoisotopic (exact) mass is 248 g/mol. The SMILES string of the molecule is COCCN(c1cccc(C)c1N)C(C)C1CC1. The average molecular weight is 248 g/mol. The number of nitrogens with zero attached hydrogens (tertiary/aromatic N) is 1. The van der Waals surface area contributed by atoms with Gasteiger partial charge in [-0.25, -0.2) is 0 Å². The van der Waals surface area contributed by atoms with E-state index < -0.39 is 0 Å². The Morgan fingerprint density at radius 1 is 1.44 bits per heavy atom. The highest BCUT2D eigenvalue weighted by Crippen LogP contribution is 2.38. The second kappa shape index (κ2) is 5.61. The van der Waals surface area contributed by atoms with Crippen LogP contribution in [0.1, 0.15) is 25.3 Å². The van der Waals surface area contributed by atoms with Crippen molar-refractivity contribution in [2.45, 2.75) is 32.7 Å². The quantitative estimate of drug-likeness (QED) is 0.787. The standard InChI is InChI=1S/C15H24N2O/c1-11-5-4-6-14(15(11)16)17(9-10-18-3)12(2)13-7-8-13/h4-6,12-13H,7-10,16H2,1-3H3. The lowest BCUT2D eigenvalue weighted by molar-refractivity contribution is 0.203. The average Bonchev–Trinajstić information content (AvgIpc) is 3.18. The van der Waals surface area contributed by atoms with Crippen LogP contribution < -0.4 is 10.6 Å². The number of rotatable bonds is 6. The minimum absolute atomic E-state index is 0.546. The van der Waals surface area contributed by atoms with Crippen LogP contribution >= 0.6 is 0 Å². The number of benzene rings is 1. The van der Waals surface area contributed by atoms with E-state index in [2.05, 4.69) is 36.9 Å². The molecule has 1 aliphatic rings. The highest BCUT2D eigenvalue weighted by atomic mass is 16.5. The second-order valence-electron chi connectivity index (χ2n) is 5.27. The highest BCUT2D eigenvalue weighted by molar-refractivity contribution is 5.71. The van der Waals surface area contributed by atoms with Crippen LogP contribution in [0.15, 0.2) is 18.2 Å². The topological polar surface area (TPSA) is 38.5 Å². The van der Waals surface area contributed by atoms with Crippen LogP contribution in [-0.2, 0) is 4.74 Å². The van der Waals surface area contributed by atoms with Crippen molar-refractivity contribution in [3.8, 4) is 0 Å². The summed E-state index contributed by atoms with van der Waals surface area (Å²) >= 11 is 0. The summed E-state index contributed by atoms with van der Waals surface area (Å²) in [7, 11) is 1.75. The van der Waals surface area contributed by atoms with E-state index in [4.69, 9.17) is 10.5 Å². The number of methoxy groups -OCH3 is 1. The van der Waals surface area contributed by atoms with Crippen molar-refractivity contribution in [3.63, 3.8) is 0 Å². The van der Waals surface area contributed by atoms with Crippen molar-refractivity contribution in [3.05, 3.63) is 23.8 Å². The third-order valence-corrected chi connectivity index (χ3v) is 3.94. The fourth-order valence-electron chi connectivity index (χ4n) is 2.48. The minimum Gasteiger partial charge on any atom is -0.397 e. The zero-order valence-electron chi connectivity index (χ0n) is 11.6. The van der Waals surface area contributed by atoms with Crippen LogP contribution in [0, 0.1) is 12.8 Å². The fourth-order valence-corrected chi connectivity index (χ4v) is 2.48. The molecule has 0 bridgehead atoms. The van der Waals surface area contributed by atoms with E-state index in [0.717, 1.165) is 36.0 Å². The van der Waals surface area contributed by atoms with Crippen molar-refractivity contribution in [1.29, 1.82) is 0 Å². The van der Waals surface area contributed by atoms with Gasteiger partial charge in [0.2, 0.25) is 0 Å². The summed E-state index contributed by atoms with van der Waals surface area (Å²) in [4.78, 5) is 2.41. The summed E-state index contributed by atoms with van der Waals surface area (Å²) in [5.74, 6) is 0.821. The summed E-state index contributed by atoms with van der Waals surface area (Å²) in [5.41, 5.74) is 9.44. The Morgan fingerprint density at radius 2 is 2.17 bits per heavy atom. The molecular weight excluding hydrogens is 224 g/mol. The van der Waals surface area contributed by atoms with Crippen LogP contribution in [0.5, 0.6) is 0 Å². The lowest BCUT2D eigenvalue weighted by Gasteiger charge is -2.32. The Morgan fingerprint density at radius 3 is 2.78 bits per heavy atom. The summed E-state index contributed by atoms with van der Waals surface area (Å²) < 4.78 is 5.23. The highest BCUT2D eigenvalue weighted by Gasteiger charge is 2.32. The summed E-state index contributed by atoms with van der Waals surface area (Å²) in [6, 6.07) is 6.82. The molecule has 0 heterocycles. The Balaban J connectivity index is 2.23. The minimum atomic E-state index is 0.546. The van der Waals surface area contributed by atoms with Gasteiger partial charge >= 0.3 is 0 Å². The van der Waals surface area contributed by atoms with Gasteiger partial charge in [-0.1, -0.05) is 12.1 Å². The molecule has 1 aliphatic carbocycles. The van der Waals surface area contributed by atoms with Gasteiger partial charge in [-0.2, -0.15) is 0 Å². The first kappa shape index (κ1) is 13.2. The van der Waals surface area contributed by atoms with Gasteiger partial charge in [-0.3, -0.25) is 0 Å². The van der Waals surface area contributed by atoms with E-state index in [-0.39, 0.29) is 0 Å². The molecule has 0 aliphatic heterocycles. The van der Waals surface area contributed by atoms with Gasteiger partial charge in [0.25, 0.3) is 0 Å². The van der Waals surface area contributed by atoms with Gasteiger partial charge in [0, 0.05) is 19.7 Å². The molecule has 1 aromatic carbocycles. The molecule has 1 aromatic rings. The van der Waals surface area contributed by atoms with E-state index in [1.807, 2.05) is 0 Å². The van der Waals surface area contributed by atoms with Crippen molar-refractivity contribution >= 4 is 11.4 Å². The third kappa shape index (κ3) is 2.78. The lowest BCUT2D eigenvalue weighted by atomic mass is 10.1. The van der Waals surface area contributed by atoms with Crippen LogP contribution in [0.4, 0.5) is 11.4 Å². The Labute approximate surface area is 110 Å². The zero-order chi connectivity index (χ0) is 13.1. The Hall–Kier alpha value is -1.22. The molecule has 0 saturated heterocycles. The maximum Gasteiger partial charge on any atom is 0.0637 e. The van der Waals surface area contributed by atoms with E-state index in [1.54, 1.807) is 7.11 Å². The number of hydrogen-bond donors (Lipinski definition) is 1. The summed E-state index contributed by atoms with van der Waals surface area (Å²) in [6.07, 6.45) is 2.69. The van der Waals surface area contributed by atoms with Crippen LogP contribution in [-0.4, -0.2) is 26.3 Å². The number of nitrogens with two attached hydrogens (primary N) is 1. The van der Waals surface area contributed by atoms with E-state index in [0.29, 0.717) is 6.04 Å². The molecule has 2 N–H and O–H groups in total. The summed E-state index contributed by atoms with van der Waals surface area (Å²) in [6.45, 7) is 6.01. The Kier molecular flexibility index (Phi) is 4.12. The first-order valence-corrected chi connectivity index (χ1v) is 6.75. The van der Waals surface area contributed by atoms with Gasteiger partial charge in [-0.05, 0) is 44.2 Å². The van der Waals surface area contributed by atoms with Gasteiger partial charge in [0.1, 0.15) is 0 Å². The van der Waals surface area contributed by atoms with Crippen molar-refractivity contribution < 1.29 is 4.74 Å². The van der Waals surface area contributed by atoms with Gasteiger partial charge in [0.05, 0.1) is 18.0 Å². The number of nitrogen functional groups attached to an aromatic ring is 1. The molecule has 0 spiro atoms. The summed E-state index contributed by atoms with van der Waals surface area (Å²) in [5, 5.41) is 0. The molecule has 0 radical (unpaired) electrons.